The Morgan fingerprint density at radius 1 is 1.30 bits per heavy atom. The maximum Gasteiger partial charge on any atom is 0.164 e. The highest BCUT2D eigenvalue weighted by molar-refractivity contribution is 7.90. The van der Waals surface area contributed by atoms with Crippen LogP contribution in [0.4, 0.5) is 5.69 Å². The highest BCUT2D eigenvalue weighted by atomic mass is 32.2. The minimum atomic E-state index is -3.09. The molecule has 1 fully saturated rings. The fraction of sp³-hybridized carbons (Fsp3) is 0.538. The summed E-state index contributed by atoms with van der Waals surface area (Å²) in [6, 6.07) is 0.691. The van der Waals surface area contributed by atoms with Crippen LogP contribution in [-0.2, 0) is 14.6 Å². The number of hydrogen-bond acceptors (Lipinski definition) is 8. The monoisotopic (exact) mass is 340 g/mol. The van der Waals surface area contributed by atoms with Gasteiger partial charge in [-0.15, -0.1) is 0 Å². The number of aromatic nitrogens is 3. The minimum Gasteiger partial charge on any atom is -0.397 e. The molecule has 2 aromatic rings. The van der Waals surface area contributed by atoms with E-state index >= 15 is 0 Å². The van der Waals surface area contributed by atoms with E-state index in [1.54, 1.807) is 23.2 Å². The van der Waals surface area contributed by atoms with Gasteiger partial charge in [-0.2, -0.15) is 0 Å². The fourth-order valence-electron chi connectivity index (χ4n) is 2.78. The number of rotatable bonds is 4. The van der Waals surface area contributed by atoms with Crippen molar-refractivity contribution in [2.75, 3.05) is 17.7 Å². The topological polar surface area (TPSA) is 152 Å². The van der Waals surface area contributed by atoms with Crippen molar-refractivity contribution in [3.05, 3.63) is 18.6 Å². The van der Waals surface area contributed by atoms with Crippen molar-refractivity contribution in [2.24, 2.45) is 11.5 Å². The smallest absolute Gasteiger partial charge is 0.164 e. The number of anilines is 1. The molecule has 126 valence electrons. The highest BCUT2D eigenvalue weighted by Gasteiger charge is 2.42. The molecule has 1 aliphatic heterocycles. The van der Waals surface area contributed by atoms with E-state index < -0.39 is 34.3 Å². The van der Waals surface area contributed by atoms with E-state index in [2.05, 4.69) is 9.97 Å². The summed E-state index contributed by atoms with van der Waals surface area (Å²) in [6.45, 7) is 0. The second-order valence-corrected chi connectivity index (χ2v) is 8.12. The summed E-state index contributed by atoms with van der Waals surface area (Å²) in [5, 5.41) is 0. The summed E-state index contributed by atoms with van der Waals surface area (Å²) in [6.07, 6.45) is 3.62. The Kier molecular flexibility index (Phi) is 4.00. The molecule has 0 aromatic carbocycles. The Bertz CT molecular complexity index is 820. The van der Waals surface area contributed by atoms with Crippen molar-refractivity contribution < 1.29 is 13.2 Å². The zero-order chi connectivity index (χ0) is 16.8. The van der Waals surface area contributed by atoms with Gasteiger partial charge in [0.05, 0.1) is 36.0 Å². The zero-order valence-electron chi connectivity index (χ0n) is 12.7. The molecule has 0 unspecified atom stereocenters. The molecule has 9 nitrogen and oxygen atoms in total. The molecular weight excluding hydrogens is 320 g/mol. The summed E-state index contributed by atoms with van der Waals surface area (Å²) in [5.41, 5.74) is 19.8. The number of fused-ring (bicyclic) bond motifs is 1. The molecule has 6 N–H and O–H groups in total. The van der Waals surface area contributed by atoms with Gasteiger partial charge >= 0.3 is 0 Å². The number of nitrogen functional groups attached to an aromatic ring is 1. The molecule has 0 aliphatic carbocycles. The van der Waals surface area contributed by atoms with Crippen LogP contribution in [-0.4, -0.2) is 53.1 Å². The molecule has 0 spiro atoms. The average Bonchev–Trinajstić information content (AvgIpc) is 3.01. The third-order valence-electron chi connectivity index (χ3n) is 4.06. The van der Waals surface area contributed by atoms with Crippen LogP contribution >= 0.6 is 0 Å². The van der Waals surface area contributed by atoms with Crippen molar-refractivity contribution in [1.82, 2.24) is 14.5 Å². The molecule has 10 heteroatoms. The Labute approximate surface area is 133 Å². The quantitative estimate of drug-likeness (QED) is 0.641. The van der Waals surface area contributed by atoms with Crippen LogP contribution in [0.5, 0.6) is 0 Å². The number of hydrogen-bond donors (Lipinski definition) is 3. The number of nitrogens with two attached hydrogens (primary N) is 3. The van der Waals surface area contributed by atoms with Gasteiger partial charge in [0.1, 0.15) is 15.4 Å². The lowest BCUT2D eigenvalue weighted by Crippen LogP contribution is -2.45. The molecule has 23 heavy (non-hydrogen) atoms. The van der Waals surface area contributed by atoms with E-state index in [4.69, 9.17) is 21.9 Å². The van der Waals surface area contributed by atoms with Crippen molar-refractivity contribution in [3.63, 3.8) is 0 Å². The predicted octanol–water partition coefficient (Wildman–Crippen LogP) is -1.000. The van der Waals surface area contributed by atoms with E-state index in [1.807, 2.05) is 0 Å². The van der Waals surface area contributed by atoms with Crippen LogP contribution in [0.2, 0.25) is 0 Å². The lowest BCUT2D eigenvalue weighted by Gasteiger charge is -2.17. The Morgan fingerprint density at radius 3 is 2.74 bits per heavy atom. The summed E-state index contributed by atoms with van der Waals surface area (Å²) in [7, 11) is -3.09. The van der Waals surface area contributed by atoms with Gasteiger partial charge < -0.3 is 21.9 Å². The molecule has 0 amide bonds. The molecule has 0 saturated carbocycles. The molecule has 1 saturated heterocycles. The van der Waals surface area contributed by atoms with E-state index in [-0.39, 0.29) is 5.75 Å². The highest BCUT2D eigenvalue weighted by Crippen LogP contribution is 2.31. The van der Waals surface area contributed by atoms with Crippen LogP contribution in [0.15, 0.2) is 18.6 Å². The van der Waals surface area contributed by atoms with Crippen molar-refractivity contribution >= 4 is 26.7 Å². The van der Waals surface area contributed by atoms with Crippen LogP contribution in [0, 0.1) is 0 Å². The van der Waals surface area contributed by atoms with Gasteiger partial charge in [0, 0.05) is 12.5 Å². The van der Waals surface area contributed by atoms with Crippen LogP contribution in [0.3, 0.4) is 0 Å². The Morgan fingerprint density at radius 2 is 2.04 bits per heavy atom. The van der Waals surface area contributed by atoms with Crippen LogP contribution < -0.4 is 17.2 Å². The molecule has 0 bridgehead atoms. The number of imidazole rings is 1. The van der Waals surface area contributed by atoms with E-state index in [0.717, 1.165) is 0 Å². The van der Waals surface area contributed by atoms with Crippen LogP contribution in [0.1, 0.15) is 12.6 Å². The van der Waals surface area contributed by atoms with Gasteiger partial charge in [-0.1, -0.05) is 0 Å². The van der Waals surface area contributed by atoms with Gasteiger partial charge in [-0.25, -0.2) is 18.4 Å². The molecule has 2 aromatic heterocycles. The average molecular weight is 340 g/mol. The number of ether oxygens (including phenoxy) is 1. The number of sulfone groups is 1. The maximum absolute atomic E-state index is 11.3. The minimum absolute atomic E-state index is 0.000676. The third kappa shape index (κ3) is 3.02. The normalized spacial score (nSPS) is 28.5. The van der Waals surface area contributed by atoms with Crippen molar-refractivity contribution in [1.29, 1.82) is 0 Å². The molecule has 3 rings (SSSR count). The van der Waals surface area contributed by atoms with E-state index in [1.165, 1.54) is 6.26 Å². The van der Waals surface area contributed by atoms with Crippen molar-refractivity contribution in [2.45, 2.75) is 30.8 Å². The van der Waals surface area contributed by atoms with E-state index in [9.17, 15) is 8.42 Å². The summed E-state index contributed by atoms with van der Waals surface area (Å²) >= 11 is 0. The Hall–Kier alpha value is -1.75. The van der Waals surface area contributed by atoms with Crippen LogP contribution in [0.25, 0.3) is 11.2 Å². The lowest BCUT2D eigenvalue weighted by molar-refractivity contribution is -0.00299. The first-order valence-electron chi connectivity index (χ1n) is 7.19. The second kappa shape index (κ2) is 5.71. The van der Waals surface area contributed by atoms with Gasteiger partial charge in [-0.05, 0) is 12.5 Å². The molecule has 0 radical (unpaired) electrons. The fourth-order valence-corrected chi connectivity index (χ4v) is 3.44. The predicted molar refractivity (Wildman–Crippen MR) is 86.1 cm³/mol. The maximum atomic E-state index is 11.3. The summed E-state index contributed by atoms with van der Waals surface area (Å²) in [4.78, 5) is 8.50. The standard InChI is InChI=1S/C13H20N6O3S/c1-23(20,21)5-3-8-9(15)10(16)13(22-8)19-6-18-11-7(14)2-4-17-12(11)19/h2,4,6,8-10,13H,3,5,15-16H2,1H3,(H2,14,17)/t8-,9-,10-,13-/m1/s1. The van der Waals surface area contributed by atoms with Crippen molar-refractivity contribution in [3.8, 4) is 0 Å². The molecule has 1 aliphatic rings. The third-order valence-corrected chi connectivity index (χ3v) is 5.03. The summed E-state index contributed by atoms with van der Waals surface area (Å²) in [5.74, 6) is 0.000676. The first kappa shape index (κ1) is 16.1. The molecule has 4 atom stereocenters. The number of nitrogens with zero attached hydrogens (tertiary/aromatic N) is 3. The van der Waals surface area contributed by atoms with Gasteiger partial charge in [0.25, 0.3) is 0 Å². The largest absolute Gasteiger partial charge is 0.397 e. The van der Waals surface area contributed by atoms with Gasteiger partial charge in [-0.3, -0.25) is 4.57 Å². The molecule has 3 heterocycles. The lowest BCUT2D eigenvalue weighted by atomic mass is 10.0. The van der Waals surface area contributed by atoms with Gasteiger partial charge in [0.2, 0.25) is 0 Å². The Balaban J connectivity index is 1.86. The second-order valence-electron chi connectivity index (χ2n) is 5.86. The van der Waals surface area contributed by atoms with Gasteiger partial charge in [0.15, 0.2) is 11.9 Å². The zero-order valence-corrected chi connectivity index (χ0v) is 13.5. The van der Waals surface area contributed by atoms with E-state index in [0.29, 0.717) is 23.3 Å². The molecular formula is C13H20N6O3S. The first-order valence-corrected chi connectivity index (χ1v) is 9.25. The number of pyridine rings is 1. The summed E-state index contributed by atoms with van der Waals surface area (Å²) < 4.78 is 30.3. The SMILES string of the molecule is CS(=O)(=O)CC[C@H]1O[C@@H](n2cnc3c(N)ccnc32)[C@H](N)[C@@H]1N. The first-order chi connectivity index (χ1) is 10.8.